The quantitative estimate of drug-likeness (QED) is 0.837. The number of benzene rings is 1. The van der Waals surface area contributed by atoms with Crippen LogP contribution in [0.4, 0.5) is 4.39 Å². The van der Waals surface area contributed by atoms with E-state index in [-0.39, 0.29) is 17.8 Å². The van der Waals surface area contributed by atoms with Crippen LogP contribution in [0.1, 0.15) is 18.4 Å². The van der Waals surface area contributed by atoms with Crippen molar-refractivity contribution in [3.05, 3.63) is 35.6 Å². The number of carbonyl (C=O) groups is 1. The van der Waals surface area contributed by atoms with Crippen molar-refractivity contribution in [3.63, 3.8) is 0 Å². The Morgan fingerprint density at radius 2 is 2.38 bits per heavy atom. The fourth-order valence-electron chi connectivity index (χ4n) is 2.21. The van der Waals surface area contributed by atoms with Crippen LogP contribution < -0.4 is 5.73 Å². The van der Waals surface area contributed by atoms with Crippen molar-refractivity contribution in [2.24, 2.45) is 5.73 Å². The molecule has 1 atom stereocenters. The molecule has 1 saturated heterocycles. The van der Waals surface area contributed by atoms with Crippen LogP contribution in [0, 0.1) is 5.82 Å². The molecule has 0 aromatic heterocycles. The molecule has 1 aromatic rings. The van der Waals surface area contributed by atoms with Crippen molar-refractivity contribution in [3.8, 4) is 0 Å². The molecular weight excluding hydrogens is 207 g/mol. The predicted molar refractivity (Wildman–Crippen MR) is 59.0 cm³/mol. The first-order valence-corrected chi connectivity index (χ1v) is 5.44. The zero-order valence-electron chi connectivity index (χ0n) is 9.03. The lowest BCUT2D eigenvalue weighted by molar-refractivity contribution is -0.122. The summed E-state index contributed by atoms with van der Waals surface area (Å²) in [6, 6.07) is 6.26. The highest BCUT2D eigenvalue weighted by Gasteiger charge is 2.28. The van der Waals surface area contributed by atoms with Crippen LogP contribution in [0.15, 0.2) is 24.3 Å². The third-order valence-corrected chi connectivity index (χ3v) is 2.97. The van der Waals surface area contributed by atoms with Gasteiger partial charge in [-0.15, -0.1) is 0 Å². The zero-order valence-corrected chi connectivity index (χ0v) is 9.03. The highest BCUT2D eigenvalue weighted by atomic mass is 19.1. The lowest BCUT2D eigenvalue weighted by Gasteiger charge is -2.21. The second-order valence-corrected chi connectivity index (χ2v) is 4.16. The largest absolute Gasteiger partial charge is 0.368 e. The fourth-order valence-corrected chi connectivity index (χ4v) is 2.21. The van der Waals surface area contributed by atoms with E-state index in [0.29, 0.717) is 6.54 Å². The van der Waals surface area contributed by atoms with Gasteiger partial charge in [-0.05, 0) is 37.1 Å². The molecule has 1 fully saturated rings. The molecule has 1 amide bonds. The molecular formula is C12H15FN2O. The molecule has 4 heteroatoms. The number of rotatable bonds is 3. The number of halogens is 1. The first-order chi connectivity index (χ1) is 7.66. The molecule has 2 rings (SSSR count). The molecule has 0 spiro atoms. The zero-order chi connectivity index (χ0) is 11.5. The Morgan fingerprint density at radius 1 is 1.56 bits per heavy atom. The lowest BCUT2D eigenvalue weighted by Crippen LogP contribution is -2.39. The second-order valence-electron chi connectivity index (χ2n) is 4.16. The normalized spacial score (nSPS) is 21.2. The van der Waals surface area contributed by atoms with Crippen molar-refractivity contribution in [1.82, 2.24) is 4.90 Å². The number of nitrogens with two attached hydrogens (primary N) is 1. The van der Waals surface area contributed by atoms with E-state index >= 15 is 0 Å². The van der Waals surface area contributed by atoms with Gasteiger partial charge < -0.3 is 5.73 Å². The van der Waals surface area contributed by atoms with Gasteiger partial charge >= 0.3 is 0 Å². The molecule has 0 saturated carbocycles. The van der Waals surface area contributed by atoms with E-state index in [2.05, 4.69) is 0 Å². The van der Waals surface area contributed by atoms with E-state index in [1.165, 1.54) is 12.1 Å². The summed E-state index contributed by atoms with van der Waals surface area (Å²) in [6.07, 6.45) is 1.79. The Morgan fingerprint density at radius 3 is 3.06 bits per heavy atom. The molecule has 0 aliphatic carbocycles. The minimum absolute atomic E-state index is 0.191. The van der Waals surface area contributed by atoms with Crippen LogP contribution in [-0.2, 0) is 11.3 Å². The van der Waals surface area contributed by atoms with Crippen LogP contribution in [-0.4, -0.2) is 23.4 Å². The summed E-state index contributed by atoms with van der Waals surface area (Å²) in [5.41, 5.74) is 6.20. The van der Waals surface area contributed by atoms with Crippen LogP contribution in [0.25, 0.3) is 0 Å². The third-order valence-electron chi connectivity index (χ3n) is 2.97. The van der Waals surface area contributed by atoms with Crippen LogP contribution in [0.5, 0.6) is 0 Å². The average Bonchev–Trinajstić information content (AvgIpc) is 2.66. The average molecular weight is 222 g/mol. The van der Waals surface area contributed by atoms with Crippen molar-refractivity contribution < 1.29 is 9.18 Å². The van der Waals surface area contributed by atoms with Crippen molar-refractivity contribution >= 4 is 5.91 Å². The minimum Gasteiger partial charge on any atom is -0.368 e. The van der Waals surface area contributed by atoms with Gasteiger partial charge in [0.1, 0.15) is 5.82 Å². The Kier molecular flexibility index (Phi) is 3.19. The van der Waals surface area contributed by atoms with E-state index in [1.54, 1.807) is 6.07 Å². The van der Waals surface area contributed by atoms with Crippen LogP contribution in [0.2, 0.25) is 0 Å². The minimum atomic E-state index is -0.283. The molecule has 1 heterocycles. The Hall–Kier alpha value is -1.42. The van der Waals surface area contributed by atoms with E-state index in [1.807, 2.05) is 11.0 Å². The molecule has 1 unspecified atom stereocenters. The Bertz CT molecular complexity index is 394. The molecule has 0 bridgehead atoms. The van der Waals surface area contributed by atoms with Gasteiger partial charge in [-0.2, -0.15) is 0 Å². The molecule has 1 aliphatic rings. The Labute approximate surface area is 94.0 Å². The lowest BCUT2D eigenvalue weighted by atomic mass is 10.1. The number of hydrogen-bond donors (Lipinski definition) is 1. The van der Waals surface area contributed by atoms with Gasteiger partial charge in [-0.3, -0.25) is 9.69 Å². The number of nitrogens with zero attached hydrogens (tertiary/aromatic N) is 1. The highest BCUT2D eigenvalue weighted by molar-refractivity contribution is 5.80. The molecule has 86 valence electrons. The van der Waals surface area contributed by atoms with Gasteiger partial charge in [0.15, 0.2) is 0 Å². The summed E-state index contributed by atoms with van der Waals surface area (Å²) in [5, 5.41) is 0. The van der Waals surface area contributed by atoms with Gasteiger partial charge in [-0.1, -0.05) is 12.1 Å². The van der Waals surface area contributed by atoms with Crippen molar-refractivity contribution in [2.45, 2.75) is 25.4 Å². The number of likely N-dealkylation sites (tertiary alicyclic amines) is 1. The van der Waals surface area contributed by atoms with E-state index in [0.717, 1.165) is 24.9 Å². The van der Waals surface area contributed by atoms with Crippen molar-refractivity contribution in [2.75, 3.05) is 6.54 Å². The highest BCUT2D eigenvalue weighted by Crippen LogP contribution is 2.19. The van der Waals surface area contributed by atoms with E-state index < -0.39 is 0 Å². The summed E-state index contributed by atoms with van der Waals surface area (Å²) in [5.74, 6) is -0.527. The van der Waals surface area contributed by atoms with Gasteiger partial charge in [0.25, 0.3) is 0 Å². The molecule has 1 aliphatic heterocycles. The number of carbonyl (C=O) groups excluding carboxylic acids is 1. The van der Waals surface area contributed by atoms with Gasteiger partial charge in [0, 0.05) is 6.54 Å². The third kappa shape index (κ3) is 2.39. The summed E-state index contributed by atoms with van der Waals surface area (Å²) in [7, 11) is 0. The predicted octanol–water partition coefficient (Wildman–Crippen LogP) is 1.28. The van der Waals surface area contributed by atoms with E-state index in [9.17, 15) is 9.18 Å². The smallest absolute Gasteiger partial charge is 0.234 e. The Balaban J connectivity index is 2.06. The fraction of sp³-hybridized carbons (Fsp3) is 0.417. The second kappa shape index (κ2) is 4.61. The topological polar surface area (TPSA) is 46.3 Å². The number of amides is 1. The molecule has 3 nitrogen and oxygen atoms in total. The monoisotopic (exact) mass is 222 g/mol. The molecule has 0 radical (unpaired) electrons. The van der Waals surface area contributed by atoms with Gasteiger partial charge in [-0.25, -0.2) is 4.39 Å². The maximum atomic E-state index is 13.0. The summed E-state index contributed by atoms with van der Waals surface area (Å²) < 4.78 is 13.0. The number of primary amides is 1. The van der Waals surface area contributed by atoms with Crippen molar-refractivity contribution in [1.29, 1.82) is 0 Å². The van der Waals surface area contributed by atoms with Gasteiger partial charge in [0.2, 0.25) is 5.91 Å². The summed E-state index contributed by atoms with van der Waals surface area (Å²) in [6.45, 7) is 1.44. The van der Waals surface area contributed by atoms with Crippen LogP contribution in [0.3, 0.4) is 0 Å². The molecule has 16 heavy (non-hydrogen) atoms. The first kappa shape index (κ1) is 11.1. The summed E-state index contributed by atoms with van der Waals surface area (Å²) in [4.78, 5) is 13.2. The van der Waals surface area contributed by atoms with E-state index in [4.69, 9.17) is 5.73 Å². The number of hydrogen-bond acceptors (Lipinski definition) is 2. The van der Waals surface area contributed by atoms with Crippen LogP contribution >= 0.6 is 0 Å². The molecule has 2 N–H and O–H groups in total. The summed E-state index contributed by atoms with van der Waals surface area (Å²) >= 11 is 0. The SMILES string of the molecule is NC(=O)C1CCCN1Cc1cccc(F)c1. The van der Waals surface area contributed by atoms with Gasteiger partial charge in [0.05, 0.1) is 6.04 Å². The maximum absolute atomic E-state index is 13.0. The standard InChI is InChI=1S/C12H15FN2O/c13-10-4-1-3-9(7-10)8-15-6-2-5-11(15)12(14)16/h1,3-4,7,11H,2,5-6,8H2,(H2,14,16). The first-order valence-electron chi connectivity index (χ1n) is 5.44. The maximum Gasteiger partial charge on any atom is 0.234 e. The molecule has 1 aromatic carbocycles.